The minimum Gasteiger partial charge on any atom is -0.465 e. The normalized spacial score (nSPS) is 22.0. The molecule has 2 heterocycles. The molecule has 1 aliphatic heterocycles. The van der Waals surface area contributed by atoms with Crippen LogP contribution in [0.2, 0.25) is 0 Å². The number of anilines is 1. The highest BCUT2D eigenvalue weighted by molar-refractivity contribution is 5.66. The smallest absolute Gasteiger partial charge is 0.407 e. The minimum absolute atomic E-state index is 0.0867. The number of rotatable bonds is 3. The van der Waals surface area contributed by atoms with Crippen LogP contribution in [0.5, 0.6) is 0 Å². The summed E-state index contributed by atoms with van der Waals surface area (Å²) in [4.78, 5) is 16.8. The second kappa shape index (κ2) is 6.08. The average Bonchev–Trinajstić information content (AvgIpc) is 2.85. The van der Waals surface area contributed by atoms with Gasteiger partial charge in [-0.3, -0.25) is 0 Å². The summed E-state index contributed by atoms with van der Waals surface area (Å²) < 4.78 is 14.0. The van der Waals surface area contributed by atoms with E-state index in [1.807, 2.05) is 20.8 Å². The van der Waals surface area contributed by atoms with Crippen LogP contribution in [0.1, 0.15) is 32.8 Å². The molecule has 7 heteroatoms. The van der Waals surface area contributed by atoms with E-state index in [0.717, 1.165) is 0 Å². The third-order valence-corrected chi connectivity index (χ3v) is 3.93. The Hall–Kier alpha value is -1.89. The maximum Gasteiger partial charge on any atom is 0.407 e. The van der Waals surface area contributed by atoms with E-state index in [4.69, 9.17) is 5.11 Å². The zero-order chi connectivity index (χ0) is 16.5. The molecule has 0 aliphatic carbocycles. The van der Waals surface area contributed by atoms with Gasteiger partial charge in [0.1, 0.15) is 0 Å². The van der Waals surface area contributed by atoms with Gasteiger partial charge >= 0.3 is 6.09 Å². The molecular weight excluding hydrogens is 289 g/mol. The fourth-order valence-corrected chi connectivity index (χ4v) is 3.07. The minimum atomic E-state index is -0.965. The quantitative estimate of drug-likeness (QED) is 0.797. The second-order valence-electron chi connectivity index (χ2n) is 6.66. The Kier molecular flexibility index (Phi) is 4.55. The van der Waals surface area contributed by atoms with Crippen molar-refractivity contribution in [2.45, 2.75) is 45.9 Å². The number of nitrogens with one attached hydrogen (secondary N) is 1. The summed E-state index contributed by atoms with van der Waals surface area (Å²) in [5.41, 5.74) is 0.114. The van der Waals surface area contributed by atoms with Crippen molar-refractivity contribution in [3.8, 4) is 0 Å². The number of halogens is 1. The number of likely N-dealkylation sites (tertiary alicyclic amines) is 1. The van der Waals surface area contributed by atoms with E-state index in [2.05, 4.69) is 10.3 Å². The van der Waals surface area contributed by atoms with E-state index < -0.39 is 11.9 Å². The number of carboxylic acid groups (broad SMARTS) is 1. The fourth-order valence-electron chi connectivity index (χ4n) is 3.07. The van der Waals surface area contributed by atoms with E-state index in [9.17, 15) is 14.3 Å². The first-order valence-electron chi connectivity index (χ1n) is 7.25. The largest absolute Gasteiger partial charge is 0.465 e. The molecule has 0 radical (unpaired) electrons. The summed E-state index contributed by atoms with van der Waals surface area (Å²) in [6.45, 7) is 6.03. The van der Waals surface area contributed by atoms with Gasteiger partial charge in [-0.25, -0.2) is 14.2 Å². The van der Waals surface area contributed by atoms with Crippen molar-refractivity contribution in [3.05, 3.63) is 23.6 Å². The van der Waals surface area contributed by atoms with Crippen molar-refractivity contribution < 1.29 is 19.4 Å². The first-order valence-corrected chi connectivity index (χ1v) is 7.25. The number of aliphatic hydroxyl groups excluding tert-OH is 1. The van der Waals surface area contributed by atoms with Gasteiger partial charge in [0.25, 0.3) is 0 Å². The predicted octanol–water partition coefficient (Wildman–Crippen LogP) is 2.29. The molecule has 0 aromatic carbocycles. The molecule has 2 unspecified atom stereocenters. The zero-order valence-electron chi connectivity index (χ0n) is 13.0. The molecule has 0 saturated carbocycles. The topological polar surface area (TPSA) is 85.7 Å². The van der Waals surface area contributed by atoms with Crippen LogP contribution in [0.25, 0.3) is 0 Å². The highest BCUT2D eigenvalue weighted by atomic mass is 19.1. The zero-order valence-corrected chi connectivity index (χ0v) is 13.0. The standard InChI is InChI=1S/C15H22FN3O3/c1-15(2,3)12-11(4-5-19(12)14(21)22)18-13-10(16)6-9(8-20)7-17-13/h6-7,11-12,20H,4-5,8H2,1-3H3,(H,17,18)(H,21,22). The van der Waals surface area contributed by atoms with Crippen molar-refractivity contribution in [2.75, 3.05) is 11.9 Å². The van der Waals surface area contributed by atoms with E-state index in [0.29, 0.717) is 18.5 Å². The number of aliphatic hydroxyl groups is 1. The van der Waals surface area contributed by atoms with Gasteiger partial charge in [0.15, 0.2) is 11.6 Å². The Balaban J connectivity index is 2.23. The van der Waals surface area contributed by atoms with Crippen LogP contribution in [0, 0.1) is 11.2 Å². The fraction of sp³-hybridized carbons (Fsp3) is 0.600. The van der Waals surface area contributed by atoms with Crippen molar-refractivity contribution in [2.24, 2.45) is 5.41 Å². The second-order valence-corrected chi connectivity index (χ2v) is 6.66. The maximum atomic E-state index is 14.0. The highest BCUT2D eigenvalue weighted by Crippen LogP contribution is 2.34. The Labute approximate surface area is 129 Å². The third-order valence-electron chi connectivity index (χ3n) is 3.93. The molecule has 2 rings (SSSR count). The van der Waals surface area contributed by atoms with E-state index in [1.54, 1.807) is 0 Å². The molecule has 1 amide bonds. The number of carbonyl (C=O) groups is 1. The lowest BCUT2D eigenvalue weighted by atomic mass is 9.82. The summed E-state index contributed by atoms with van der Waals surface area (Å²) in [5, 5.41) is 21.3. The summed E-state index contributed by atoms with van der Waals surface area (Å²) in [7, 11) is 0. The first-order chi connectivity index (χ1) is 10.2. The van der Waals surface area contributed by atoms with Crippen LogP contribution < -0.4 is 5.32 Å². The average molecular weight is 311 g/mol. The number of hydrogen-bond acceptors (Lipinski definition) is 4. The Morgan fingerprint density at radius 2 is 2.23 bits per heavy atom. The van der Waals surface area contributed by atoms with Crippen LogP contribution in [-0.4, -0.2) is 44.8 Å². The van der Waals surface area contributed by atoms with Crippen molar-refractivity contribution in [3.63, 3.8) is 0 Å². The van der Waals surface area contributed by atoms with Gasteiger partial charge in [0.2, 0.25) is 0 Å². The van der Waals surface area contributed by atoms with E-state index in [1.165, 1.54) is 17.2 Å². The number of amides is 1. The van der Waals surface area contributed by atoms with Gasteiger partial charge in [-0.05, 0) is 23.5 Å². The van der Waals surface area contributed by atoms with E-state index in [-0.39, 0.29) is 29.9 Å². The molecule has 1 saturated heterocycles. The predicted molar refractivity (Wildman–Crippen MR) is 80.1 cm³/mol. The Bertz CT molecular complexity index is 559. The van der Waals surface area contributed by atoms with Crippen LogP contribution >= 0.6 is 0 Å². The van der Waals surface area contributed by atoms with Crippen LogP contribution in [0.15, 0.2) is 12.3 Å². The summed E-state index contributed by atoms with van der Waals surface area (Å²) in [6, 6.07) is 0.743. The molecule has 3 N–H and O–H groups in total. The van der Waals surface area contributed by atoms with E-state index >= 15 is 0 Å². The highest BCUT2D eigenvalue weighted by Gasteiger charge is 2.44. The molecule has 0 spiro atoms. The lowest BCUT2D eigenvalue weighted by Gasteiger charge is -2.37. The van der Waals surface area contributed by atoms with Gasteiger partial charge < -0.3 is 20.4 Å². The molecular formula is C15H22FN3O3. The first kappa shape index (κ1) is 16.5. The molecule has 2 atom stereocenters. The molecule has 1 aromatic heterocycles. The number of aromatic nitrogens is 1. The Morgan fingerprint density at radius 1 is 1.55 bits per heavy atom. The molecule has 0 bridgehead atoms. The molecule has 6 nitrogen and oxygen atoms in total. The van der Waals surface area contributed by atoms with Crippen molar-refractivity contribution in [1.82, 2.24) is 9.88 Å². The van der Waals surface area contributed by atoms with Crippen LogP contribution in [-0.2, 0) is 6.61 Å². The van der Waals surface area contributed by atoms with Crippen molar-refractivity contribution in [1.29, 1.82) is 0 Å². The maximum absolute atomic E-state index is 14.0. The number of nitrogens with zero attached hydrogens (tertiary/aromatic N) is 2. The number of pyridine rings is 1. The van der Waals surface area contributed by atoms with Gasteiger partial charge in [-0.15, -0.1) is 0 Å². The molecule has 122 valence electrons. The lowest BCUT2D eigenvalue weighted by Crippen LogP contribution is -2.49. The number of hydrogen-bond donors (Lipinski definition) is 3. The van der Waals surface area contributed by atoms with Crippen molar-refractivity contribution >= 4 is 11.9 Å². The van der Waals surface area contributed by atoms with Crippen LogP contribution in [0.3, 0.4) is 0 Å². The molecule has 22 heavy (non-hydrogen) atoms. The summed E-state index contributed by atoms with van der Waals surface area (Å²) >= 11 is 0. The Morgan fingerprint density at radius 3 is 2.73 bits per heavy atom. The van der Waals surface area contributed by atoms with Gasteiger partial charge in [-0.2, -0.15) is 0 Å². The van der Waals surface area contributed by atoms with Gasteiger partial charge in [0, 0.05) is 12.7 Å². The monoisotopic (exact) mass is 311 g/mol. The molecule has 1 fully saturated rings. The summed E-state index contributed by atoms with van der Waals surface area (Å²) in [5.74, 6) is -0.461. The summed E-state index contributed by atoms with van der Waals surface area (Å²) in [6.07, 6.45) is 1.03. The van der Waals surface area contributed by atoms with Gasteiger partial charge in [-0.1, -0.05) is 20.8 Å². The molecule has 1 aromatic rings. The van der Waals surface area contributed by atoms with Crippen LogP contribution in [0.4, 0.5) is 15.0 Å². The third kappa shape index (κ3) is 3.30. The van der Waals surface area contributed by atoms with Gasteiger partial charge in [0.05, 0.1) is 18.7 Å². The molecule has 1 aliphatic rings. The lowest BCUT2D eigenvalue weighted by molar-refractivity contribution is 0.103. The SMILES string of the molecule is CC(C)(C)C1C(Nc2ncc(CO)cc2F)CCN1C(=O)O.